The Hall–Kier alpha value is -2.74. The summed E-state index contributed by atoms with van der Waals surface area (Å²) < 4.78 is 16.1. The SMILES string of the molecule is NC1CCC(n2c(-c3c(Cl)cccc3Cl)nc3cnc(NCc4ccccc4F)nc32)CC1. The van der Waals surface area contributed by atoms with Crippen molar-refractivity contribution < 1.29 is 4.39 Å². The highest BCUT2D eigenvalue weighted by molar-refractivity contribution is 6.39. The molecule has 1 saturated carbocycles. The van der Waals surface area contributed by atoms with Crippen molar-refractivity contribution in [2.24, 2.45) is 5.73 Å². The van der Waals surface area contributed by atoms with Gasteiger partial charge < -0.3 is 15.6 Å². The number of fused-ring (bicyclic) bond motifs is 1. The molecule has 6 nitrogen and oxygen atoms in total. The number of benzene rings is 2. The number of nitrogens with two attached hydrogens (primary N) is 1. The molecule has 0 radical (unpaired) electrons. The Morgan fingerprint density at radius 2 is 1.73 bits per heavy atom. The Labute approximate surface area is 201 Å². The average molecular weight is 485 g/mol. The minimum absolute atomic E-state index is 0.159. The standard InChI is InChI=1S/C24H23Cl2FN6/c25-17-5-3-6-18(26)21(17)23-31-20-13-30-24(29-12-14-4-1-2-7-19(14)27)32-22(20)33(23)16-10-8-15(28)9-11-16/h1-7,13,15-16H,8-12,28H2,(H,29,30,32). The Morgan fingerprint density at radius 1 is 1.00 bits per heavy atom. The maximum atomic E-state index is 14.0. The van der Waals surface area contributed by atoms with E-state index in [1.54, 1.807) is 36.5 Å². The van der Waals surface area contributed by atoms with Crippen LogP contribution in [0.2, 0.25) is 10.0 Å². The summed E-state index contributed by atoms with van der Waals surface area (Å²) in [5, 5.41) is 4.18. The molecule has 0 spiro atoms. The number of nitrogens with zero attached hydrogens (tertiary/aromatic N) is 4. The van der Waals surface area contributed by atoms with Crippen molar-refractivity contribution in [2.45, 2.75) is 44.3 Å². The Bertz CT molecular complexity index is 1280. The van der Waals surface area contributed by atoms with Crippen LogP contribution in [0.1, 0.15) is 37.3 Å². The van der Waals surface area contributed by atoms with Gasteiger partial charge in [0.2, 0.25) is 5.95 Å². The predicted octanol–water partition coefficient (Wildman–Crippen LogP) is 5.99. The van der Waals surface area contributed by atoms with Gasteiger partial charge in [-0.3, -0.25) is 0 Å². The first-order chi connectivity index (χ1) is 16.0. The fraction of sp³-hybridized carbons (Fsp3) is 0.292. The van der Waals surface area contributed by atoms with Gasteiger partial charge in [-0.15, -0.1) is 0 Å². The van der Waals surface area contributed by atoms with E-state index in [0.717, 1.165) is 25.7 Å². The number of anilines is 1. The third kappa shape index (κ3) is 4.40. The second kappa shape index (κ2) is 9.25. The van der Waals surface area contributed by atoms with Crippen LogP contribution in [-0.4, -0.2) is 25.6 Å². The highest BCUT2D eigenvalue weighted by Gasteiger charge is 2.27. The minimum atomic E-state index is -0.273. The van der Waals surface area contributed by atoms with E-state index in [1.807, 2.05) is 6.07 Å². The van der Waals surface area contributed by atoms with Crippen LogP contribution < -0.4 is 11.1 Å². The summed E-state index contributed by atoms with van der Waals surface area (Å²) in [6, 6.07) is 12.4. The molecule has 0 aliphatic heterocycles. The molecule has 0 bridgehead atoms. The highest BCUT2D eigenvalue weighted by atomic mass is 35.5. The van der Waals surface area contributed by atoms with Crippen molar-refractivity contribution in [3.8, 4) is 11.4 Å². The van der Waals surface area contributed by atoms with E-state index in [9.17, 15) is 4.39 Å². The van der Waals surface area contributed by atoms with Gasteiger partial charge in [-0.2, -0.15) is 4.98 Å². The first kappa shape index (κ1) is 22.1. The second-order valence-corrected chi connectivity index (χ2v) is 9.13. The van der Waals surface area contributed by atoms with E-state index < -0.39 is 0 Å². The van der Waals surface area contributed by atoms with Crippen LogP contribution in [-0.2, 0) is 6.54 Å². The summed E-state index contributed by atoms with van der Waals surface area (Å²) in [6.45, 7) is 0.272. The first-order valence-electron chi connectivity index (χ1n) is 10.9. The van der Waals surface area contributed by atoms with Crippen molar-refractivity contribution in [3.63, 3.8) is 0 Å². The van der Waals surface area contributed by atoms with E-state index in [2.05, 4.69) is 14.9 Å². The molecule has 1 fully saturated rings. The van der Waals surface area contributed by atoms with Gasteiger partial charge in [0.15, 0.2) is 5.65 Å². The fourth-order valence-electron chi connectivity index (χ4n) is 4.39. The summed E-state index contributed by atoms with van der Waals surface area (Å²) >= 11 is 13.1. The molecule has 2 aromatic heterocycles. The molecule has 33 heavy (non-hydrogen) atoms. The molecule has 0 amide bonds. The molecule has 1 aliphatic rings. The maximum absolute atomic E-state index is 14.0. The van der Waals surface area contributed by atoms with Gasteiger partial charge in [0.1, 0.15) is 17.2 Å². The highest BCUT2D eigenvalue weighted by Crippen LogP contribution is 2.40. The molecule has 2 aromatic carbocycles. The summed E-state index contributed by atoms with van der Waals surface area (Å²) in [5.41, 5.74) is 8.71. The van der Waals surface area contributed by atoms with Gasteiger partial charge in [-0.1, -0.05) is 47.5 Å². The maximum Gasteiger partial charge on any atom is 0.225 e. The lowest BCUT2D eigenvalue weighted by Crippen LogP contribution is -2.28. The molecular formula is C24H23Cl2FN6. The van der Waals surface area contributed by atoms with Crippen LogP contribution in [0, 0.1) is 5.82 Å². The predicted molar refractivity (Wildman–Crippen MR) is 130 cm³/mol. The van der Waals surface area contributed by atoms with Crippen LogP contribution in [0.15, 0.2) is 48.7 Å². The molecular weight excluding hydrogens is 462 g/mol. The van der Waals surface area contributed by atoms with Crippen molar-refractivity contribution in [1.82, 2.24) is 19.5 Å². The molecule has 9 heteroatoms. The summed E-state index contributed by atoms with van der Waals surface area (Å²) in [5.74, 6) is 0.795. The third-order valence-electron chi connectivity index (χ3n) is 6.12. The first-order valence-corrected chi connectivity index (χ1v) is 11.7. The molecule has 0 unspecified atom stereocenters. The van der Waals surface area contributed by atoms with Gasteiger partial charge in [-0.05, 0) is 43.9 Å². The van der Waals surface area contributed by atoms with Crippen molar-refractivity contribution in [2.75, 3.05) is 5.32 Å². The summed E-state index contributed by atoms with van der Waals surface area (Å²) in [6.07, 6.45) is 5.33. The average Bonchev–Trinajstić information content (AvgIpc) is 3.17. The fourth-order valence-corrected chi connectivity index (χ4v) is 4.95. The second-order valence-electron chi connectivity index (χ2n) is 8.32. The van der Waals surface area contributed by atoms with Crippen LogP contribution in [0.3, 0.4) is 0 Å². The van der Waals surface area contributed by atoms with E-state index in [1.165, 1.54) is 6.07 Å². The van der Waals surface area contributed by atoms with E-state index in [0.29, 0.717) is 44.1 Å². The van der Waals surface area contributed by atoms with Crippen molar-refractivity contribution in [1.29, 1.82) is 0 Å². The van der Waals surface area contributed by atoms with E-state index in [4.69, 9.17) is 38.9 Å². The number of halogens is 3. The largest absolute Gasteiger partial charge is 0.350 e. The molecule has 2 heterocycles. The van der Waals surface area contributed by atoms with Crippen molar-refractivity contribution in [3.05, 3.63) is 70.1 Å². The van der Waals surface area contributed by atoms with Crippen LogP contribution in [0.5, 0.6) is 0 Å². The van der Waals surface area contributed by atoms with E-state index >= 15 is 0 Å². The van der Waals surface area contributed by atoms with Gasteiger partial charge in [0.25, 0.3) is 0 Å². The van der Waals surface area contributed by atoms with Crippen LogP contribution in [0.25, 0.3) is 22.6 Å². The molecule has 5 rings (SSSR count). The number of hydrogen-bond acceptors (Lipinski definition) is 5. The molecule has 170 valence electrons. The Morgan fingerprint density at radius 3 is 2.45 bits per heavy atom. The van der Waals surface area contributed by atoms with Crippen molar-refractivity contribution >= 4 is 40.3 Å². The topological polar surface area (TPSA) is 81.7 Å². The third-order valence-corrected chi connectivity index (χ3v) is 6.75. The zero-order chi connectivity index (χ0) is 22.9. The number of aromatic nitrogens is 4. The van der Waals surface area contributed by atoms with Crippen LogP contribution in [0.4, 0.5) is 10.3 Å². The Kier molecular flexibility index (Phi) is 6.19. The lowest BCUT2D eigenvalue weighted by molar-refractivity contribution is 0.330. The zero-order valence-electron chi connectivity index (χ0n) is 17.8. The Balaban J connectivity index is 1.58. The molecule has 3 N–H and O–H groups in total. The van der Waals surface area contributed by atoms with Gasteiger partial charge in [-0.25, -0.2) is 14.4 Å². The number of rotatable bonds is 5. The monoisotopic (exact) mass is 484 g/mol. The molecule has 0 atom stereocenters. The molecule has 4 aromatic rings. The van der Waals surface area contributed by atoms with E-state index in [-0.39, 0.29) is 24.4 Å². The summed E-state index contributed by atoms with van der Waals surface area (Å²) in [7, 11) is 0. The molecule has 1 aliphatic carbocycles. The normalized spacial score (nSPS) is 18.5. The number of nitrogens with one attached hydrogen (secondary N) is 1. The number of imidazole rings is 1. The number of hydrogen-bond donors (Lipinski definition) is 2. The van der Waals surface area contributed by atoms with Gasteiger partial charge in [0.05, 0.1) is 21.8 Å². The minimum Gasteiger partial charge on any atom is -0.350 e. The lowest BCUT2D eigenvalue weighted by Gasteiger charge is -2.28. The van der Waals surface area contributed by atoms with Gasteiger partial charge in [0, 0.05) is 24.2 Å². The summed E-state index contributed by atoms with van der Waals surface area (Å²) in [4.78, 5) is 14.0. The molecule has 0 saturated heterocycles. The smallest absolute Gasteiger partial charge is 0.225 e. The lowest BCUT2D eigenvalue weighted by atomic mass is 9.91. The van der Waals surface area contributed by atoms with Crippen LogP contribution >= 0.6 is 23.2 Å². The zero-order valence-corrected chi connectivity index (χ0v) is 19.3. The quantitative estimate of drug-likeness (QED) is 0.363. The van der Waals surface area contributed by atoms with Gasteiger partial charge >= 0.3 is 0 Å².